The smallest absolute Gasteiger partial charge is 0.275 e. The maximum absolute atomic E-state index is 12.3. The standard InChI is InChI=1S/C13H12N6O2S/c1-7-10(11-14-4-3-5-19(11)18-7)17-12(21)9-6-22-13(16-9)15-8(2)20/h3-6H,1-2H3,(H,17,21)(H,15,16,20). The first-order valence-electron chi connectivity index (χ1n) is 6.39. The maximum Gasteiger partial charge on any atom is 0.275 e. The number of carbonyl (C=O) groups excluding carboxylic acids is 2. The topological polar surface area (TPSA) is 101 Å². The molecule has 112 valence electrons. The zero-order valence-corrected chi connectivity index (χ0v) is 12.6. The van der Waals surface area contributed by atoms with E-state index in [1.54, 1.807) is 35.3 Å². The molecule has 0 aliphatic rings. The molecular formula is C13H12N6O2S. The summed E-state index contributed by atoms with van der Waals surface area (Å²) in [6, 6.07) is 1.76. The molecular weight excluding hydrogens is 304 g/mol. The molecule has 2 N–H and O–H groups in total. The zero-order chi connectivity index (χ0) is 15.7. The zero-order valence-electron chi connectivity index (χ0n) is 11.8. The van der Waals surface area contributed by atoms with Crippen LogP contribution in [0.15, 0.2) is 23.8 Å². The second kappa shape index (κ2) is 5.53. The number of nitrogens with one attached hydrogen (secondary N) is 2. The number of aromatic nitrogens is 4. The summed E-state index contributed by atoms with van der Waals surface area (Å²) in [6.07, 6.45) is 3.38. The number of nitrogens with zero attached hydrogens (tertiary/aromatic N) is 4. The summed E-state index contributed by atoms with van der Waals surface area (Å²) < 4.78 is 1.59. The van der Waals surface area contributed by atoms with Crippen LogP contribution < -0.4 is 10.6 Å². The molecule has 0 saturated heterocycles. The minimum Gasteiger partial charge on any atom is -0.316 e. The van der Waals surface area contributed by atoms with Gasteiger partial charge in [-0.2, -0.15) is 5.10 Å². The molecule has 8 nitrogen and oxygen atoms in total. The molecule has 2 amide bonds. The van der Waals surface area contributed by atoms with Crippen molar-refractivity contribution in [1.82, 2.24) is 19.6 Å². The number of amides is 2. The monoisotopic (exact) mass is 316 g/mol. The third-order valence-electron chi connectivity index (χ3n) is 2.83. The molecule has 0 aliphatic carbocycles. The average Bonchev–Trinajstić information content (AvgIpc) is 3.04. The Morgan fingerprint density at radius 1 is 1.32 bits per heavy atom. The van der Waals surface area contributed by atoms with Crippen LogP contribution >= 0.6 is 11.3 Å². The van der Waals surface area contributed by atoms with E-state index in [0.29, 0.717) is 22.2 Å². The molecule has 0 spiro atoms. The Hall–Kier alpha value is -2.81. The third kappa shape index (κ3) is 2.66. The molecule has 0 fully saturated rings. The fourth-order valence-electron chi connectivity index (χ4n) is 1.91. The Bertz CT molecular complexity index is 868. The molecule has 3 aromatic heterocycles. The lowest BCUT2D eigenvalue weighted by Gasteiger charge is -2.01. The van der Waals surface area contributed by atoms with Crippen molar-refractivity contribution in [3.05, 3.63) is 35.2 Å². The number of hydrogen-bond acceptors (Lipinski definition) is 6. The lowest BCUT2D eigenvalue weighted by atomic mass is 10.3. The Kier molecular flexibility index (Phi) is 3.55. The van der Waals surface area contributed by atoms with Gasteiger partial charge >= 0.3 is 0 Å². The van der Waals surface area contributed by atoms with Crippen LogP contribution in [0.2, 0.25) is 0 Å². The molecule has 0 saturated carbocycles. The van der Waals surface area contributed by atoms with Crippen molar-refractivity contribution in [2.45, 2.75) is 13.8 Å². The van der Waals surface area contributed by atoms with Gasteiger partial charge in [-0.15, -0.1) is 11.3 Å². The highest BCUT2D eigenvalue weighted by molar-refractivity contribution is 7.14. The van der Waals surface area contributed by atoms with E-state index >= 15 is 0 Å². The van der Waals surface area contributed by atoms with Crippen molar-refractivity contribution >= 4 is 39.6 Å². The van der Waals surface area contributed by atoms with Crippen LogP contribution in [0.4, 0.5) is 10.8 Å². The van der Waals surface area contributed by atoms with Gasteiger partial charge in [-0.3, -0.25) is 9.59 Å². The van der Waals surface area contributed by atoms with Crippen molar-refractivity contribution in [3.63, 3.8) is 0 Å². The number of thiazole rings is 1. The summed E-state index contributed by atoms with van der Waals surface area (Å²) >= 11 is 1.19. The molecule has 3 heterocycles. The van der Waals surface area contributed by atoms with Crippen LogP contribution in [0.5, 0.6) is 0 Å². The average molecular weight is 316 g/mol. The predicted octanol–water partition coefficient (Wildman–Crippen LogP) is 1.70. The molecule has 0 aliphatic heterocycles. The number of anilines is 2. The van der Waals surface area contributed by atoms with Crippen LogP contribution in [0.1, 0.15) is 23.1 Å². The Balaban J connectivity index is 1.85. The van der Waals surface area contributed by atoms with Gasteiger partial charge in [0.2, 0.25) is 5.91 Å². The summed E-state index contributed by atoms with van der Waals surface area (Å²) in [5.41, 5.74) is 1.98. The van der Waals surface area contributed by atoms with E-state index < -0.39 is 0 Å². The fraction of sp³-hybridized carbons (Fsp3) is 0.154. The van der Waals surface area contributed by atoms with Gasteiger partial charge in [0, 0.05) is 24.7 Å². The first kappa shape index (κ1) is 14.1. The number of fused-ring (bicyclic) bond motifs is 1. The van der Waals surface area contributed by atoms with Crippen LogP contribution in [-0.4, -0.2) is 31.4 Å². The first-order chi connectivity index (χ1) is 10.5. The number of rotatable bonds is 3. The Morgan fingerprint density at radius 3 is 2.91 bits per heavy atom. The SMILES string of the molecule is CC(=O)Nc1nc(C(=O)Nc2c(C)nn3cccnc23)cs1. The quantitative estimate of drug-likeness (QED) is 0.766. The van der Waals surface area contributed by atoms with Crippen LogP contribution in [0, 0.1) is 6.92 Å². The number of carbonyl (C=O) groups is 2. The fourth-order valence-corrected chi connectivity index (χ4v) is 2.64. The lowest BCUT2D eigenvalue weighted by Crippen LogP contribution is -2.13. The van der Waals surface area contributed by atoms with Crippen LogP contribution in [-0.2, 0) is 4.79 Å². The van der Waals surface area contributed by atoms with Crippen LogP contribution in [0.3, 0.4) is 0 Å². The minimum atomic E-state index is -0.378. The van der Waals surface area contributed by atoms with E-state index in [1.165, 1.54) is 18.3 Å². The molecule has 0 atom stereocenters. The van der Waals surface area contributed by atoms with Gasteiger partial charge < -0.3 is 10.6 Å². The maximum atomic E-state index is 12.3. The highest BCUT2D eigenvalue weighted by Crippen LogP contribution is 2.21. The Labute approximate surface area is 129 Å². The molecule has 0 unspecified atom stereocenters. The van der Waals surface area contributed by atoms with E-state index in [4.69, 9.17) is 0 Å². The Morgan fingerprint density at radius 2 is 2.14 bits per heavy atom. The highest BCUT2D eigenvalue weighted by atomic mass is 32.1. The number of hydrogen-bond donors (Lipinski definition) is 2. The summed E-state index contributed by atoms with van der Waals surface area (Å²) in [5, 5.41) is 11.5. The molecule has 0 radical (unpaired) electrons. The van der Waals surface area contributed by atoms with E-state index in [2.05, 4.69) is 25.7 Å². The summed E-state index contributed by atoms with van der Waals surface area (Å²) in [7, 11) is 0. The van der Waals surface area contributed by atoms with Crippen molar-refractivity contribution in [3.8, 4) is 0 Å². The van der Waals surface area contributed by atoms with Gasteiger partial charge in [-0.25, -0.2) is 14.5 Å². The van der Waals surface area contributed by atoms with E-state index in [9.17, 15) is 9.59 Å². The van der Waals surface area contributed by atoms with Crippen molar-refractivity contribution in [1.29, 1.82) is 0 Å². The van der Waals surface area contributed by atoms with Crippen molar-refractivity contribution < 1.29 is 9.59 Å². The normalized spacial score (nSPS) is 10.6. The molecule has 0 bridgehead atoms. The van der Waals surface area contributed by atoms with Crippen molar-refractivity contribution in [2.75, 3.05) is 10.6 Å². The van der Waals surface area contributed by atoms with E-state index in [0.717, 1.165) is 0 Å². The summed E-state index contributed by atoms with van der Waals surface area (Å²) in [6.45, 7) is 3.17. The van der Waals surface area contributed by atoms with E-state index in [1.807, 2.05) is 0 Å². The van der Waals surface area contributed by atoms with Gasteiger partial charge in [0.05, 0.1) is 5.69 Å². The van der Waals surface area contributed by atoms with Crippen molar-refractivity contribution in [2.24, 2.45) is 0 Å². The predicted molar refractivity (Wildman–Crippen MR) is 82.1 cm³/mol. The second-order valence-corrected chi connectivity index (χ2v) is 5.38. The molecule has 9 heteroatoms. The molecule has 3 rings (SSSR count). The third-order valence-corrected chi connectivity index (χ3v) is 3.59. The minimum absolute atomic E-state index is 0.225. The highest BCUT2D eigenvalue weighted by Gasteiger charge is 2.16. The molecule has 22 heavy (non-hydrogen) atoms. The lowest BCUT2D eigenvalue weighted by molar-refractivity contribution is -0.114. The first-order valence-corrected chi connectivity index (χ1v) is 7.27. The van der Waals surface area contributed by atoms with Crippen LogP contribution in [0.25, 0.3) is 5.65 Å². The van der Waals surface area contributed by atoms with Gasteiger partial charge in [-0.1, -0.05) is 0 Å². The summed E-state index contributed by atoms with van der Waals surface area (Å²) in [4.78, 5) is 31.5. The molecule has 3 aromatic rings. The van der Waals surface area contributed by atoms with Gasteiger partial charge in [0.1, 0.15) is 11.4 Å². The van der Waals surface area contributed by atoms with Gasteiger partial charge in [-0.05, 0) is 13.0 Å². The second-order valence-electron chi connectivity index (χ2n) is 4.52. The number of aryl methyl sites for hydroxylation is 1. The summed E-state index contributed by atoms with van der Waals surface area (Å²) in [5.74, 6) is -0.611. The largest absolute Gasteiger partial charge is 0.316 e. The van der Waals surface area contributed by atoms with Gasteiger partial charge in [0.25, 0.3) is 5.91 Å². The van der Waals surface area contributed by atoms with E-state index in [-0.39, 0.29) is 17.5 Å². The van der Waals surface area contributed by atoms with Gasteiger partial charge in [0.15, 0.2) is 10.8 Å². The molecule has 0 aromatic carbocycles.